The average molecular weight is 531 g/mol. The number of hydrogen-bond donors (Lipinski definition) is 1. The van der Waals surface area contributed by atoms with Gasteiger partial charge in [-0.05, 0) is 53.6 Å². The van der Waals surface area contributed by atoms with Crippen LogP contribution in [-0.4, -0.2) is 26.3 Å². The summed E-state index contributed by atoms with van der Waals surface area (Å²) in [7, 11) is 3.08. The van der Waals surface area contributed by atoms with Gasteiger partial charge < -0.3 is 18.9 Å². The van der Waals surface area contributed by atoms with Gasteiger partial charge in [0.05, 0.1) is 20.4 Å². The molecule has 1 amide bonds. The fraction of sp³-hybridized carbons (Fsp3) is 0.133. The molecule has 0 heterocycles. The second-order valence-electron chi connectivity index (χ2n) is 8.13. The van der Waals surface area contributed by atoms with Crippen LogP contribution in [-0.2, 0) is 13.2 Å². The van der Waals surface area contributed by atoms with Crippen LogP contribution in [0.15, 0.2) is 96.1 Å². The van der Waals surface area contributed by atoms with Crippen LogP contribution in [0, 0.1) is 0 Å². The molecule has 0 aromatic heterocycles. The summed E-state index contributed by atoms with van der Waals surface area (Å²) >= 11 is 6.20. The molecule has 38 heavy (non-hydrogen) atoms. The maximum Gasteiger partial charge on any atom is 0.271 e. The van der Waals surface area contributed by atoms with E-state index in [1.807, 2.05) is 60.7 Å². The van der Waals surface area contributed by atoms with Crippen molar-refractivity contribution in [1.29, 1.82) is 0 Å². The summed E-state index contributed by atoms with van der Waals surface area (Å²) in [6.07, 6.45) is 1.52. The van der Waals surface area contributed by atoms with Crippen LogP contribution in [0.1, 0.15) is 27.0 Å². The minimum Gasteiger partial charge on any atom is -0.493 e. The van der Waals surface area contributed by atoms with E-state index in [1.54, 1.807) is 37.4 Å². The first-order valence-corrected chi connectivity index (χ1v) is 12.2. The summed E-state index contributed by atoms with van der Waals surface area (Å²) in [6, 6.07) is 27.6. The van der Waals surface area contributed by atoms with Crippen LogP contribution in [0.4, 0.5) is 0 Å². The van der Waals surface area contributed by atoms with Crippen molar-refractivity contribution in [2.24, 2.45) is 5.10 Å². The Morgan fingerprint density at radius 1 is 0.789 bits per heavy atom. The lowest BCUT2D eigenvalue weighted by atomic mass is 10.2. The standard InChI is InChI=1S/C30H27ClN2O5/c1-35-28-16-22(12-14-26(28)38-20-24-10-6-7-11-25(24)31)18-32-33-30(34)23-13-15-27(29(17-23)36-2)37-19-21-8-4-3-5-9-21/h3-18H,19-20H2,1-2H3,(H,33,34)/b32-18+. The van der Waals surface area contributed by atoms with E-state index in [0.29, 0.717) is 46.8 Å². The van der Waals surface area contributed by atoms with Crippen LogP contribution >= 0.6 is 11.6 Å². The topological polar surface area (TPSA) is 78.4 Å². The second kappa shape index (κ2) is 13.2. The third-order valence-electron chi connectivity index (χ3n) is 5.57. The normalized spacial score (nSPS) is 10.7. The molecule has 4 aromatic rings. The fourth-order valence-electron chi connectivity index (χ4n) is 3.55. The minimum absolute atomic E-state index is 0.305. The van der Waals surface area contributed by atoms with Crippen molar-refractivity contribution in [2.75, 3.05) is 14.2 Å². The molecule has 0 atom stereocenters. The van der Waals surface area contributed by atoms with E-state index < -0.39 is 0 Å². The molecule has 0 radical (unpaired) electrons. The zero-order valence-corrected chi connectivity index (χ0v) is 21.8. The molecule has 4 aromatic carbocycles. The maximum atomic E-state index is 12.6. The van der Waals surface area contributed by atoms with Gasteiger partial charge in [-0.15, -0.1) is 0 Å². The van der Waals surface area contributed by atoms with Gasteiger partial charge in [-0.2, -0.15) is 5.10 Å². The molecule has 0 spiro atoms. The van der Waals surface area contributed by atoms with Crippen molar-refractivity contribution in [3.8, 4) is 23.0 Å². The number of benzene rings is 4. The highest BCUT2D eigenvalue weighted by Gasteiger charge is 2.12. The lowest BCUT2D eigenvalue weighted by Gasteiger charge is -2.12. The number of rotatable bonds is 11. The monoisotopic (exact) mass is 530 g/mol. The molecule has 0 fully saturated rings. The first-order valence-electron chi connectivity index (χ1n) is 11.8. The number of nitrogens with zero attached hydrogens (tertiary/aromatic N) is 1. The molecule has 8 heteroatoms. The third-order valence-corrected chi connectivity index (χ3v) is 5.94. The Morgan fingerprint density at radius 3 is 2.18 bits per heavy atom. The molecule has 0 aliphatic heterocycles. The summed E-state index contributed by atoms with van der Waals surface area (Å²) in [6.45, 7) is 0.694. The first kappa shape index (κ1) is 26.6. The SMILES string of the molecule is COc1cc(C(=O)N/N=C/c2ccc(OCc3ccccc3Cl)c(OC)c2)ccc1OCc1ccccc1. The van der Waals surface area contributed by atoms with Crippen LogP contribution in [0.25, 0.3) is 0 Å². The van der Waals surface area contributed by atoms with Crippen LogP contribution in [0.2, 0.25) is 5.02 Å². The van der Waals surface area contributed by atoms with E-state index in [1.165, 1.54) is 13.3 Å². The predicted molar refractivity (Wildman–Crippen MR) is 148 cm³/mol. The number of halogens is 1. The van der Waals surface area contributed by atoms with Crippen LogP contribution in [0.3, 0.4) is 0 Å². The highest BCUT2D eigenvalue weighted by Crippen LogP contribution is 2.30. The highest BCUT2D eigenvalue weighted by atomic mass is 35.5. The molecule has 0 aliphatic rings. The zero-order valence-electron chi connectivity index (χ0n) is 21.0. The Bertz CT molecular complexity index is 1410. The number of hydrazone groups is 1. The number of methoxy groups -OCH3 is 2. The van der Waals surface area contributed by atoms with Gasteiger partial charge in [-0.25, -0.2) is 5.43 Å². The van der Waals surface area contributed by atoms with Gasteiger partial charge in [0.25, 0.3) is 5.91 Å². The molecular weight excluding hydrogens is 504 g/mol. The Kier molecular flexibility index (Phi) is 9.21. The van der Waals surface area contributed by atoms with Crippen molar-refractivity contribution >= 4 is 23.7 Å². The summed E-state index contributed by atoms with van der Waals surface area (Å²) in [4.78, 5) is 12.6. The summed E-state index contributed by atoms with van der Waals surface area (Å²) in [5, 5.41) is 4.71. The lowest BCUT2D eigenvalue weighted by Crippen LogP contribution is -2.17. The van der Waals surface area contributed by atoms with Crippen molar-refractivity contribution in [3.05, 3.63) is 118 Å². The number of hydrogen-bond acceptors (Lipinski definition) is 6. The van der Waals surface area contributed by atoms with Crippen molar-refractivity contribution in [3.63, 3.8) is 0 Å². The summed E-state index contributed by atoms with van der Waals surface area (Å²) in [5.41, 5.74) is 5.53. The van der Waals surface area contributed by atoms with Gasteiger partial charge >= 0.3 is 0 Å². The third kappa shape index (κ3) is 7.05. The molecular formula is C30H27ClN2O5. The molecule has 0 aliphatic carbocycles. The van der Waals surface area contributed by atoms with Crippen LogP contribution < -0.4 is 24.4 Å². The molecule has 0 saturated carbocycles. The highest BCUT2D eigenvalue weighted by molar-refractivity contribution is 6.31. The largest absolute Gasteiger partial charge is 0.493 e. The maximum absolute atomic E-state index is 12.6. The average Bonchev–Trinajstić information content (AvgIpc) is 2.96. The number of ether oxygens (including phenoxy) is 4. The molecule has 0 saturated heterocycles. The number of carbonyl (C=O) groups is 1. The molecule has 0 unspecified atom stereocenters. The number of carbonyl (C=O) groups excluding carboxylic acids is 1. The second-order valence-corrected chi connectivity index (χ2v) is 8.54. The Hall–Kier alpha value is -4.49. The minimum atomic E-state index is -0.388. The summed E-state index contributed by atoms with van der Waals surface area (Å²) in [5.74, 6) is 1.70. The molecule has 194 valence electrons. The van der Waals surface area contributed by atoms with Crippen LogP contribution in [0.5, 0.6) is 23.0 Å². The van der Waals surface area contributed by atoms with E-state index in [0.717, 1.165) is 16.7 Å². The van der Waals surface area contributed by atoms with E-state index in [2.05, 4.69) is 10.5 Å². The summed E-state index contributed by atoms with van der Waals surface area (Å²) < 4.78 is 22.6. The van der Waals surface area contributed by atoms with Gasteiger partial charge in [-0.3, -0.25) is 4.79 Å². The van der Waals surface area contributed by atoms with Crippen molar-refractivity contribution < 1.29 is 23.7 Å². The smallest absolute Gasteiger partial charge is 0.271 e. The number of amides is 1. The van der Waals surface area contributed by atoms with E-state index in [9.17, 15) is 4.79 Å². The molecule has 7 nitrogen and oxygen atoms in total. The molecule has 4 rings (SSSR count). The Labute approximate surface area is 226 Å². The lowest BCUT2D eigenvalue weighted by molar-refractivity contribution is 0.0954. The zero-order chi connectivity index (χ0) is 26.7. The van der Waals surface area contributed by atoms with E-state index >= 15 is 0 Å². The predicted octanol–water partition coefficient (Wildman–Crippen LogP) is 6.28. The van der Waals surface area contributed by atoms with Crippen molar-refractivity contribution in [1.82, 2.24) is 5.43 Å². The molecule has 1 N–H and O–H groups in total. The van der Waals surface area contributed by atoms with Gasteiger partial charge in [0, 0.05) is 16.1 Å². The van der Waals surface area contributed by atoms with Crippen molar-refractivity contribution in [2.45, 2.75) is 13.2 Å². The number of nitrogens with one attached hydrogen (secondary N) is 1. The van der Waals surface area contributed by atoms with Gasteiger partial charge in [0.1, 0.15) is 13.2 Å². The van der Waals surface area contributed by atoms with Gasteiger partial charge in [0.2, 0.25) is 0 Å². The van der Waals surface area contributed by atoms with Gasteiger partial charge in [-0.1, -0.05) is 60.1 Å². The quantitative estimate of drug-likeness (QED) is 0.182. The fourth-order valence-corrected chi connectivity index (χ4v) is 3.74. The Morgan fingerprint density at radius 2 is 1.45 bits per heavy atom. The Balaban J connectivity index is 1.36. The molecule has 0 bridgehead atoms. The van der Waals surface area contributed by atoms with Gasteiger partial charge in [0.15, 0.2) is 23.0 Å². The van der Waals surface area contributed by atoms with E-state index in [4.69, 9.17) is 30.5 Å². The van der Waals surface area contributed by atoms with E-state index in [-0.39, 0.29) is 5.91 Å². The first-order chi connectivity index (χ1) is 18.6.